The van der Waals surface area contributed by atoms with Gasteiger partial charge in [-0.15, -0.1) is 0 Å². The van der Waals surface area contributed by atoms with E-state index in [-0.39, 0.29) is 5.52 Å². The molecule has 0 aliphatic heterocycles. The van der Waals surface area contributed by atoms with Crippen molar-refractivity contribution < 1.29 is 17.9 Å². The molecule has 3 aromatic rings. The maximum absolute atomic E-state index is 12.7. The van der Waals surface area contributed by atoms with Crippen LogP contribution in [0, 0.1) is 0 Å². The second-order valence-corrected chi connectivity index (χ2v) is 4.52. The molecule has 0 saturated heterocycles. The molecule has 0 amide bonds. The van der Waals surface area contributed by atoms with Crippen LogP contribution in [0.5, 0.6) is 5.88 Å². The fourth-order valence-electron chi connectivity index (χ4n) is 2.07. The van der Waals surface area contributed by atoms with Crippen molar-refractivity contribution in [2.75, 3.05) is 7.11 Å². The van der Waals surface area contributed by atoms with Gasteiger partial charge in [0.1, 0.15) is 0 Å². The number of fused-ring (bicyclic) bond motifs is 1. The summed E-state index contributed by atoms with van der Waals surface area (Å²) in [5.74, 6) is 0.378. The average Bonchev–Trinajstić information content (AvgIpc) is 2.53. The van der Waals surface area contributed by atoms with Crippen LogP contribution in [0.2, 0.25) is 0 Å². The first-order valence-corrected chi connectivity index (χ1v) is 6.32. The van der Waals surface area contributed by atoms with Crippen LogP contribution in [-0.4, -0.2) is 22.1 Å². The van der Waals surface area contributed by atoms with E-state index >= 15 is 0 Å². The Hall–Kier alpha value is -2.70. The normalized spacial score (nSPS) is 11.6. The number of aromatic nitrogens is 3. The number of alkyl halides is 3. The number of hydrogen-bond acceptors (Lipinski definition) is 4. The maximum Gasteiger partial charge on any atom is 0.416 e. The first-order valence-electron chi connectivity index (χ1n) is 6.32. The highest BCUT2D eigenvalue weighted by Crippen LogP contribution is 2.31. The van der Waals surface area contributed by atoms with Crippen LogP contribution in [0.15, 0.2) is 42.7 Å². The van der Waals surface area contributed by atoms with Crippen LogP contribution in [0.3, 0.4) is 0 Å². The molecule has 22 heavy (non-hydrogen) atoms. The molecule has 4 nitrogen and oxygen atoms in total. The van der Waals surface area contributed by atoms with E-state index < -0.39 is 11.7 Å². The minimum atomic E-state index is -4.40. The minimum Gasteiger partial charge on any atom is -0.481 e. The van der Waals surface area contributed by atoms with Crippen molar-refractivity contribution in [3.05, 3.63) is 48.3 Å². The first kappa shape index (κ1) is 14.2. The molecule has 2 aromatic heterocycles. The predicted molar refractivity (Wildman–Crippen MR) is 74.3 cm³/mol. The molecule has 112 valence electrons. The molecule has 0 saturated carbocycles. The Morgan fingerprint density at radius 2 is 1.86 bits per heavy atom. The fraction of sp³-hybridized carbons (Fsp3) is 0.133. The van der Waals surface area contributed by atoms with Crippen LogP contribution in [0.4, 0.5) is 13.2 Å². The summed E-state index contributed by atoms with van der Waals surface area (Å²) in [6.45, 7) is 0. The summed E-state index contributed by atoms with van der Waals surface area (Å²) in [7, 11) is 1.48. The number of pyridine rings is 1. The molecule has 1 aromatic carbocycles. The number of nitrogens with zero attached hydrogens (tertiary/aromatic N) is 3. The van der Waals surface area contributed by atoms with Gasteiger partial charge >= 0.3 is 6.18 Å². The lowest BCUT2D eigenvalue weighted by Crippen LogP contribution is -2.04. The van der Waals surface area contributed by atoms with Gasteiger partial charge in [0.25, 0.3) is 0 Å². The smallest absolute Gasteiger partial charge is 0.416 e. The van der Waals surface area contributed by atoms with Crippen molar-refractivity contribution in [3.8, 4) is 17.1 Å². The van der Waals surface area contributed by atoms with E-state index in [0.717, 1.165) is 12.1 Å². The maximum atomic E-state index is 12.7. The molecule has 0 spiro atoms. The third kappa shape index (κ3) is 2.57. The largest absolute Gasteiger partial charge is 0.481 e. The van der Waals surface area contributed by atoms with Crippen LogP contribution in [-0.2, 0) is 6.18 Å². The summed E-state index contributed by atoms with van der Waals surface area (Å²) in [5.41, 5.74) is 0.912. The van der Waals surface area contributed by atoms with E-state index in [1.165, 1.54) is 19.4 Å². The summed E-state index contributed by atoms with van der Waals surface area (Å²) in [4.78, 5) is 12.4. The van der Waals surface area contributed by atoms with Crippen molar-refractivity contribution in [1.82, 2.24) is 15.0 Å². The Balaban J connectivity index is 2.11. The number of rotatable bonds is 2. The highest BCUT2D eigenvalue weighted by molar-refractivity contribution is 5.78. The Bertz CT molecular complexity index is 834. The minimum absolute atomic E-state index is 0.182. The van der Waals surface area contributed by atoms with Gasteiger partial charge in [0.2, 0.25) is 5.88 Å². The van der Waals surface area contributed by atoms with Gasteiger partial charge in [-0.05, 0) is 30.3 Å². The van der Waals surface area contributed by atoms with Gasteiger partial charge in [-0.3, -0.25) is 4.98 Å². The second kappa shape index (κ2) is 5.25. The highest BCUT2D eigenvalue weighted by Gasteiger charge is 2.30. The monoisotopic (exact) mass is 305 g/mol. The van der Waals surface area contributed by atoms with E-state index in [1.807, 2.05) is 0 Å². The second-order valence-electron chi connectivity index (χ2n) is 4.52. The molecule has 0 N–H and O–H groups in total. The van der Waals surface area contributed by atoms with E-state index in [1.54, 1.807) is 18.3 Å². The number of halogens is 3. The Labute approximate surface area is 123 Å². The van der Waals surface area contributed by atoms with Gasteiger partial charge in [-0.1, -0.05) is 0 Å². The molecule has 0 radical (unpaired) electrons. The van der Waals surface area contributed by atoms with Crippen molar-refractivity contribution in [2.24, 2.45) is 0 Å². The van der Waals surface area contributed by atoms with Crippen LogP contribution < -0.4 is 4.74 Å². The fourth-order valence-corrected chi connectivity index (χ4v) is 2.07. The summed E-state index contributed by atoms with van der Waals surface area (Å²) in [6.07, 6.45) is -1.42. The molecular weight excluding hydrogens is 295 g/mol. The van der Waals surface area contributed by atoms with Gasteiger partial charge in [0.05, 0.1) is 41.2 Å². The third-order valence-electron chi connectivity index (χ3n) is 3.11. The van der Waals surface area contributed by atoms with Gasteiger partial charge in [-0.25, -0.2) is 9.97 Å². The topological polar surface area (TPSA) is 47.9 Å². The molecule has 0 bridgehead atoms. The molecular formula is C15H10F3N3O. The van der Waals surface area contributed by atoms with Gasteiger partial charge in [-0.2, -0.15) is 13.2 Å². The van der Waals surface area contributed by atoms with Crippen LogP contribution in [0.25, 0.3) is 22.3 Å². The van der Waals surface area contributed by atoms with Gasteiger partial charge in [0.15, 0.2) is 0 Å². The molecule has 2 heterocycles. The van der Waals surface area contributed by atoms with E-state index in [2.05, 4.69) is 15.0 Å². The van der Waals surface area contributed by atoms with Crippen molar-refractivity contribution in [1.29, 1.82) is 0 Å². The molecule has 0 aliphatic carbocycles. The first-order chi connectivity index (χ1) is 10.5. The van der Waals surface area contributed by atoms with Gasteiger partial charge in [0, 0.05) is 6.20 Å². The van der Waals surface area contributed by atoms with Crippen molar-refractivity contribution in [3.63, 3.8) is 0 Å². The average molecular weight is 305 g/mol. The molecule has 0 unspecified atom stereocenters. The Kier molecular flexibility index (Phi) is 3.40. The SMILES string of the molecule is COc1ncccc1-c1cnc2cc(C(F)(F)F)ccc2n1. The molecule has 0 atom stereocenters. The summed E-state index contributed by atoms with van der Waals surface area (Å²) < 4.78 is 43.2. The van der Waals surface area contributed by atoms with E-state index in [4.69, 9.17) is 4.74 Å². The Morgan fingerprint density at radius 1 is 1.05 bits per heavy atom. The lowest BCUT2D eigenvalue weighted by molar-refractivity contribution is -0.137. The van der Waals surface area contributed by atoms with Gasteiger partial charge < -0.3 is 4.74 Å². The third-order valence-corrected chi connectivity index (χ3v) is 3.11. The van der Waals surface area contributed by atoms with E-state index in [0.29, 0.717) is 22.7 Å². The number of benzene rings is 1. The zero-order valence-electron chi connectivity index (χ0n) is 11.4. The zero-order valence-corrected chi connectivity index (χ0v) is 11.4. The van der Waals surface area contributed by atoms with Crippen LogP contribution >= 0.6 is 0 Å². The Morgan fingerprint density at radius 3 is 2.59 bits per heavy atom. The zero-order chi connectivity index (χ0) is 15.7. The van der Waals surface area contributed by atoms with Crippen LogP contribution in [0.1, 0.15) is 5.56 Å². The predicted octanol–water partition coefficient (Wildman–Crippen LogP) is 3.72. The molecule has 7 heteroatoms. The number of methoxy groups -OCH3 is 1. The highest BCUT2D eigenvalue weighted by atomic mass is 19.4. The molecule has 0 aliphatic rings. The molecule has 0 fully saturated rings. The summed E-state index contributed by atoms with van der Waals surface area (Å²) in [6, 6.07) is 6.74. The molecule has 3 rings (SSSR count). The summed E-state index contributed by atoms with van der Waals surface area (Å²) in [5, 5.41) is 0. The lowest BCUT2D eigenvalue weighted by atomic mass is 10.1. The number of hydrogen-bond donors (Lipinski definition) is 0. The van der Waals surface area contributed by atoms with E-state index in [9.17, 15) is 13.2 Å². The van der Waals surface area contributed by atoms with Crippen molar-refractivity contribution >= 4 is 11.0 Å². The lowest BCUT2D eigenvalue weighted by Gasteiger charge is -2.09. The number of ether oxygens (including phenoxy) is 1. The standard InChI is InChI=1S/C15H10F3N3O/c1-22-14-10(3-2-6-19-14)13-8-20-12-7-9(15(16,17)18)4-5-11(12)21-13/h2-8H,1H3. The summed E-state index contributed by atoms with van der Waals surface area (Å²) >= 11 is 0. The van der Waals surface area contributed by atoms with Crippen molar-refractivity contribution in [2.45, 2.75) is 6.18 Å². The quantitative estimate of drug-likeness (QED) is 0.724.